The Morgan fingerprint density at radius 2 is 1.76 bits per heavy atom. The van der Waals surface area contributed by atoms with Crippen LogP contribution in [-0.4, -0.2) is 47.8 Å². The van der Waals surface area contributed by atoms with Crippen molar-refractivity contribution in [1.82, 2.24) is 19.2 Å². The number of fused-ring (bicyclic) bond motifs is 1. The predicted molar refractivity (Wildman–Crippen MR) is 113 cm³/mol. The van der Waals surface area contributed by atoms with E-state index in [4.69, 9.17) is 0 Å². The first-order valence-corrected chi connectivity index (χ1v) is 11.2. The van der Waals surface area contributed by atoms with Crippen LogP contribution in [0, 0.1) is 0 Å². The van der Waals surface area contributed by atoms with Gasteiger partial charge in [-0.3, -0.25) is 4.79 Å². The van der Waals surface area contributed by atoms with Gasteiger partial charge in [0.25, 0.3) is 5.91 Å². The molecule has 1 aromatic heterocycles. The molecule has 0 bridgehead atoms. The molecule has 0 fully saturated rings. The molecule has 0 atom stereocenters. The number of aromatic nitrogens is 2. The van der Waals surface area contributed by atoms with Gasteiger partial charge >= 0.3 is 0 Å². The van der Waals surface area contributed by atoms with Crippen LogP contribution >= 0.6 is 0 Å². The van der Waals surface area contributed by atoms with Gasteiger partial charge in [0.15, 0.2) is 0 Å². The summed E-state index contributed by atoms with van der Waals surface area (Å²) in [5.74, 6) is -0.215. The minimum atomic E-state index is -3.51. The van der Waals surface area contributed by atoms with E-state index in [0.29, 0.717) is 25.2 Å². The largest absolute Gasteiger partial charge is 0.352 e. The second-order valence-corrected chi connectivity index (χ2v) is 8.59. The standard InChI is InChI=1S/C21H26N4O3S/c1-3-25(4-2)29(27,28)18-12-10-17(11-13-18)21(26)22-14-7-15-24-16-23-19-8-5-6-9-20(19)24/h5-6,8-13,16H,3-4,7,14-15H2,1-2H3,(H,22,26). The summed E-state index contributed by atoms with van der Waals surface area (Å²) in [6.07, 6.45) is 2.57. The average Bonchev–Trinajstić information content (AvgIpc) is 3.15. The van der Waals surface area contributed by atoms with Gasteiger partial charge in [-0.25, -0.2) is 13.4 Å². The molecule has 1 amide bonds. The minimum absolute atomic E-state index is 0.199. The van der Waals surface area contributed by atoms with E-state index in [0.717, 1.165) is 24.0 Å². The highest BCUT2D eigenvalue weighted by Crippen LogP contribution is 2.16. The predicted octanol–water partition coefficient (Wildman–Crippen LogP) is 2.89. The van der Waals surface area contributed by atoms with Crippen molar-refractivity contribution in [3.05, 3.63) is 60.4 Å². The summed E-state index contributed by atoms with van der Waals surface area (Å²) in [5.41, 5.74) is 2.47. The van der Waals surface area contributed by atoms with Crippen LogP contribution in [-0.2, 0) is 16.6 Å². The van der Waals surface area contributed by atoms with Gasteiger partial charge in [-0.15, -0.1) is 0 Å². The van der Waals surface area contributed by atoms with Crippen molar-refractivity contribution >= 4 is 27.0 Å². The fourth-order valence-corrected chi connectivity index (χ4v) is 4.69. The molecule has 154 valence electrons. The van der Waals surface area contributed by atoms with E-state index in [2.05, 4.69) is 14.9 Å². The molecule has 0 aliphatic heterocycles. The van der Waals surface area contributed by atoms with Gasteiger partial charge in [-0.05, 0) is 42.8 Å². The van der Waals surface area contributed by atoms with Gasteiger partial charge in [0.1, 0.15) is 0 Å². The lowest BCUT2D eigenvalue weighted by Gasteiger charge is -2.18. The van der Waals surface area contributed by atoms with Crippen LogP contribution in [0.4, 0.5) is 0 Å². The molecule has 0 aliphatic carbocycles. The normalized spacial score (nSPS) is 11.8. The van der Waals surface area contributed by atoms with Gasteiger partial charge < -0.3 is 9.88 Å². The second-order valence-electron chi connectivity index (χ2n) is 6.65. The Bertz CT molecular complexity index is 1070. The summed E-state index contributed by atoms with van der Waals surface area (Å²) in [4.78, 5) is 16.9. The maximum atomic E-state index is 12.5. The Hall–Kier alpha value is -2.71. The number of sulfonamides is 1. The smallest absolute Gasteiger partial charge is 0.251 e. The minimum Gasteiger partial charge on any atom is -0.352 e. The molecule has 29 heavy (non-hydrogen) atoms. The fraction of sp³-hybridized carbons (Fsp3) is 0.333. The van der Waals surface area contributed by atoms with E-state index in [9.17, 15) is 13.2 Å². The summed E-state index contributed by atoms with van der Waals surface area (Å²) in [5, 5.41) is 2.88. The van der Waals surface area contributed by atoms with Crippen LogP contribution in [0.3, 0.4) is 0 Å². The van der Waals surface area contributed by atoms with Crippen molar-refractivity contribution in [3.8, 4) is 0 Å². The first-order chi connectivity index (χ1) is 14.0. The molecule has 7 nitrogen and oxygen atoms in total. The third-order valence-corrected chi connectivity index (χ3v) is 6.91. The molecule has 3 aromatic rings. The monoisotopic (exact) mass is 414 g/mol. The quantitative estimate of drug-likeness (QED) is 0.546. The number of imidazole rings is 1. The molecule has 0 saturated carbocycles. The fourth-order valence-electron chi connectivity index (χ4n) is 3.23. The Morgan fingerprint density at radius 1 is 1.07 bits per heavy atom. The third-order valence-electron chi connectivity index (χ3n) is 4.85. The van der Waals surface area contributed by atoms with Crippen molar-refractivity contribution in [2.24, 2.45) is 0 Å². The Balaban J connectivity index is 1.54. The van der Waals surface area contributed by atoms with E-state index in [1.165, 1.54) is 16.4 Å². The van der Waals surface area contributed by atoms with Crippen LogP contribution in [0.1, 0.15) is 30.6 Å². The van der Waals surface area contributed by atoms with Gasteiger partial charge in [0, 0.05) is 31.7 Å². The van der Waals surface area contributed by atoms with E-state index in [1.807, 2.05) is 30.6 Å². The van der Waals surface area contributed by atoms with Crippen molar-refractivity contribution < 1.29 is 13.2 Å². The number of nitrogens with zero attached hydrogens (tertiary/aromatic N) is 3. The summed E-state index contributed by atoms with van der Waals surface area (Å²) in [6, 6.07) is 14.0. The number of rotatable bonds is 9. The highest BCUT2D eigenvalue weighted by atomic mass is 32.2. The molecule has 1 N–H and O–H groups in total. The van der Waals surface area contributed by atoms with Crippen molar-refractivity contribution in [2.45, 2.75) is 31.7 Å². The lowest BCUT2D eigenvalue weighted by atomic mass is 10.2. The van der Waals surface area contributed by atoms with Crippen molar-refractivity contribution in [1.29, 1.82) is 0 Å². The molecule has 2 aromatic carbocycles. The van der Waals surface area contributed by atoms with E-state index < -0.39 is 10.0 Å². The lowest BCUT2D eigenvalue weighted by Crippen LogP contribution is -2.30. The molecule has 0 aliphatic rings. The van der Waals surface area contributed by atoms with Crippen LogP contribution in [0.2, 0.25) is 0 Å². The molecule has 3 rings (SSSR count). The van der Waals surface area contributed by atoms with Crippen LogP contribution in [0.25, 0.3) is 11.0 Å². The third kappa shape index (κ3) is 4.65. The first-order valence-electron chi connectivity index (χ1n) is 9.75. The van der Waals surface area contributed by atoms with Crippen molar-refractivity contribution in [2.75, 3.05) is 19.6 Å². The highest BCUT2D eigenvalue weighted by molar-refractivity contribution is 7.89. The summed E-state index contributed by atoms with van der Waals surface area (Å²) in [6.45, 7) is 5.69. The molecule has 1 heterocycles. The van der Waals surface area contributed by atoms with Crippen LogP contribution in [0.15, 0.2) is 59.8 Å². The van der Waals surface area contributed by atoms with Crippen molar-refractivity contribution in [3.63, 3.8) is 0 Å². The number of hydrogen-bond donors (Lipinski definition) is 1. The number of amides is 1. The summed E-state index contributed by atoms with van der Waals surface area (Å²) >= 11 is 0. The molecule has 0 saturated heterocycles. The summed E-state index contributed by atoms with van der Waals surface area (Å²) < 4.78 is 28.5. The zero-order valence-corrected chi connectivity index (χ0v) is 17.5. The molecule has 0 radical (unpaired) electrons. The zero-order chi connectivity index (χ0) is 20.9. The zero-order valence-electron chi connectivity index (χ0n) is 16.7. The molecule has 0 unspecified atom stereocenters. The Morgan fingerprint density at radius 3 is 2.45 bits per heavy atom. The van der Waals surface area contributed by atoms with Crippen LogP contribution < -0.4 is 5.32 Å². The number of carbonyl (C=O) groups is 1. The van der Waals surface area contributed by atoms with E-state index in [1.54, 1.807) is 26.0 Å². The number of nitrogens with one attached hydrogen (secondary N) is 1. The molecule has 0 spiro atoms. The highest BCUT2D eigenvalue weighted by Gasteiger charge is 2.21. The average molecular weight is 415 g/mol. The molecule has 8 heteroatoms. The lowest BCUT2D eigenvalue weighted by molar-refractivity contribution is 0.0952. The number of hydrogen-bond acceptors (Lipinski definition) is 4. The second kappa shape index (κ2) is 9.19. The number of aryl methyl sites for hydroxylation is 1. The maximum Gasteiger partial charge on any atom is 0.251 e. The SMILES string of the molecule is CCN(CC)S(=O)(=O)c1ccc(C(=O)NCCCn2cnc3ccccc32)cc1. The van der Waals surface area contributed by atoms with Gasteiger partial charge in [-0.1, -0.05) is 26.0 Å². The number of para-hydroxylation sites is 2. The summed E-state index contributed by atoms with van der Waals surface area (Å²) in [7, 11) is -3.51. The van der Waals surface area contributed by atoms with E-state index in [-0.39, 0.29) is 10.8 Å². The van der Waals surface area contributed by atoms with Gasteiger partial charge in [0.2, 0.25) is 10.0 Å². The topological polar surface area (TPSA) is 84.3 Å². The number of benzene rings is 2. The molecular formula is C21H26N4O3S. The maximum absolute atomic E-state index is 12.5. The van der Waals surface area contributed by atoms with Gasteiger partial charge in [0.05, 0.1) is 22.3 Å². The Kier molecular flexibility index (Phi) is 6.66. The first kappa shape index (κ1) is 21.0. The van der Waals surface area contributed by atoms with Gasteiger partial charge in [-0.2, -0.15) is 4.31 Å². The molecular weight excluding hydrogens is 388 g/mol. The number of carbonyl (C=O) groups excluding carboxylic acids is 1. The Labute approximate surface area is 171 Å². The van der Waals surface area contributed by atoms with Crippen LogP contribution in [0.5, 0.6) is 0 Å². The van der Waals surface area contributed by atoms with E-state index >= 15 is 0 Å².